The van der Waals surface area contributed by atoms with Gasteiger partial charge in [-0.3, -0.25) is 4.79 Å². The predicted octanol–water partition coefficient (Wildman–Crippen LogP) is 5.92. The van der Waals surface area contributed by atoms with Crippen LogP contribution in [-0.4, -0.2) is 17.1 Å². The number of hydrogen-bond acceptors (Lipinski definition) is 5. The monoisotopic (exact) mass is 387 g/mol. The first kappa shape index (κ1) is 23.6. The van der Waals surface area contributed by atoms with Crippen molar-refractivity contribution in [3.8, 4) is 5.75 Å². The predicted molar refractivity (Wildman–Crippen MR) is 114 cm³/mol. The van der Waals surface area contributed by atoms with E-state index >= 15 is 0 Å². The number of carbonyl (C=O) groups is 1. The molecule has 0 saturated carbocycles. The van der Waals surface area contributed by atoms with Gasteiger partial charge in [0.05, 0.1) is 0 Å². The van der Waals surface area contributed by atoms with Gasteiger partial charge in [-0.25, -0.2) is 4.79 Å². The second-order valence-corrected chi connectivity index (χ2v) is 7.38. The molecule has 28 heavy (non-hydrogen) atoms. The number of carbonyl (C=O) groups excluding carboxylic acids is 1. The van der Waals surface area contributed by atoms with E-state index in [1.165, 1.54) is 24.3 Å². The molecule has 1 aromatic rings. The summed E-state index contributed by atoms with van der Waals surface area (Å²) >= 11 is 0. The Bertz CT molecular complexity index is 786. The van der Waals surface area contributed by atoms with Crippen molar-refractivity contribution in [2.75, 3.05) is 0 Å². The van der Waals surface area contributed by atoms with E-state index in [1.54, 1.807) is 13.0 Å². The topological polar surface area (TPSA) is 91.4 Å². The lowest BCUT2D eigenvalue weighted by Gasteiger charge is -2.11. The third-order valence-corrected chi connectivity index (χ3v) is 4.80. The number of rotatable bonds is 12. The number of Topliss-reactive ketones (excluding diaryl/α,β-unsaturated/α-hetero) is 1. The molecule has 0 aliphatic heterocycles. The van der Waals surface area contributed by atoms with Crippen molar-refractivity contribution >= 4 is 12.0 Å². The van der Waals surface area contributed by atoms with Crippen LogP contribution in [0.2, 0.25) is 0 Å². The number of aromatic hydroxyl groups is 1. The third-order valence-electron chi connectivity index (χ3n) is 4.80. The molecule has 1 rings (SSSR count). The molecule has 0 amide bonds. The zero-order chi connectivity index (χ0) is 21.1. The molecule has 5 nitrogen and oxygen atoms in total. The van der Waals surface area contributed by atoms with Gasteiger partial charge in [0.2, 0.25) is 0 Å². The smallest absolute Gasteiger partial charge is 0.351 e. The maximum atomic E-state index is 12.6. The Morgan fingerprint density at radius 2 is 1.96 bits per heavy atom. The molecule has 5 heteroatoms. The Kier molecular flexibility index (Phi) is 10.2. The fourth-order valence-electron chi connectivity index (χ4n) is 2.90. The Labute approximate surface area is 167 Å². The van der Waals surface area contributed by atoms with Crippen molar-refractivity contribution in [1.29, 1.82) is 5.41 Å². The molecular formula is C23H33NO4. The summed E-state index contributed by atoms with van der Waals surface area (Å²) in [6.07, 6.45) is 11.5. The summed E-state index contributed by atoms with van der Waals surface area (Å²) in [5.74, 6) is -0.580. The molecule has 0 aromatic carbocycles. The molecule has 1 atom stereocenters. The summed E-state index contributed by atoms with van der Waals surface area (Å²) in [6.45, 7) is 7.69. The van der Waals surface area contributed by atoms with Crippen LogP contribution in [0.1, 0.15) is 94.7 Å². The lowest BCUT2D eigenvalue weighted by Crippen LogP contribution is -2.16. The minimum absolute atomic E-state index is 0.0759. The van der Waals surface area contributed by atoms with Gasteiger partial charge in [0, 0.05) is 12.0 Å². The first-order valence-corrected chi connectivity index (χ1v) is 10.1. The highest BCUT2D eigenvalue weighted by atomic mass is 16.4. The van der Waals surface area contributed by atoms with E-state index in [0.717, 1.165) is 32.1 Å². The van der Waals surface area contributed by atoms with E-state index in [2.05, 4.69) is 6.92 Å². The van der Waals surface area contributed by atoms with Crippen LogP contribution in [0.15, 0.2) is 38.6 Å². The molecule has 0 bridgehead atoms. The second kappa shape index (κ2) is 12.1. The minimum atomic E-state index is -0.810. The highest BCUT2D eigenvalue weighted by Gasteiger charge is 2.21. The molecular weight excluding hydrogens is 354 g/mol. The zero-order valence-corrected chi connectivity index (χ0v) is 17.5. The summed E-state index contributed by atoms with van der Waals surface area (Å²) < 4.78 is 5.31. The van der Waals surface area contributed by atoms with Gasteiger partial charge in [0.1, 0.15) is 17.1 Å². The molecule has 154 valence electrons. The molecule has 0 radical (unpaired) electrons. The summed E-state index contributed by atoms with van der Waals surface area (Å²) in [7, 11) is 0. The summed E-state index contributed by atoms with van der Waals surface area (Å²) in [5, 5.41) is 17.3. The van der Waals surface area contributed by atoms with Gasteiger partial charge in [-0.2, -0.15) is 0 Å². The average molecular weight is 388 g/mol. The normalized spacial score (nSPS) is 13.4. The van der Waals surface area contributed by atoms with E-state index in [0.29, 0.717) is 17.8 Å². The van der Waals surface area contributed by atoms with E-state index < -0.39 is 11.4 Å². The van der Waals surface area contributed by atoms with Gasteiger partial charge in [-0.05, 0) is 57.7 Å². The van der Waals surface area contributed by atoms with Crippen LogP contribution in [0.5, 0.6) is 5.75 Å². The van der Waals surface area contributed by atoms with Crippen molar-refractivity contribution in [1.82, 2.24) is 0 Å². The summed E-state index contributed by atoms with van der Waals surface area (Å²) in [4.78, 5) is 24.9. The Morgan fingerprint density at radius 3 is 2.57 bits per heavy atom. The van der Waals surface area contributed by atoms with Crippen molar-refractivity contribution in [2.45, 2.75) is 78.6 Å². The van der Waals surface area contributed by atoms with Crippen LogP contribution >= 0.6 is 0 Å². The molecule has 0 saturated heterocycles. The number of ketones is 1. The number of nitrogens with one attached hydrogen (secondary N) is 1. The lowest BCUT2D eigenvalue weighted by atomic mass is 9.99. The van der Waals surface area contributed by atoms with E-state index in [-0.39, 0.29) is 17.2 Å². The first-order valence-electron chi connectivity index (χ1n) is 10.1. The van der Waals surface area contributed by atoms with E-state index in [1.807, 2.05) is 19.9 Å². The number of unbranched alkanes of at least 4 members (excludes halogenated alkanes) is 3. The van der Waals surface area contributed by atoms with Crippen molar-refractivity contribution in [2.24, 2.45) is 0 Å². The molecule has 2 N–H and O–H groups in total. The molecule has 0 aliphatic rings. The van der Waals surface area contributed by atoms with Crippen LogP contribution in [0.25, 0.3) is 0 Å². The van der Waals surface area contributed by atoms with Gasteiger partial charge < -0.3 is 14.9 Å². The lowest BCUT2D eigenvalue weighted by molar-refractivity contribution is 0.102. The van der Waals surface area contributed by atoms with Crippen molar-refractivity contribution < 1.29 is 14.3 Å². The van der Waals surface area contributed by atoms with Crippen LogP contribution in [0.3, 0.4) is 0 Å². The standard InChI is InChI=1S/C23H33NO4/c1-5-6-7-10-16(2)12-13-18(4)22(26)21-19(25)15-20(28-23(21)27)17(3)11-8-9-14-24/h12-15,17,24-25H,5-11H2,1-4H3. The molecule has 1 aromatic heterocycles. The fourth-order valence-corrected chi connectivity index (χ4v) is 2.90. The van der Waals surface area contributed by atoms with Gasteiger partial charge in [0.15, 0.2) is 5.78 Å². The average Bonchev–Trinajstić information content (AvgIpc) is 2.65. The van der Waals surface area contributed by atoms with Gasteiger partial charge in [-0.1, -0.05) is 44.4 Å². The SMILES string of the molecule is CCCCCC(C)=CC=C(C)C(=O)c1c(O)cc(C(C)CCCC=N)oc1=O. The maximum absolute atomic E-state index is 12.6. The third kappa shape index (κ3) is 7.29. The van der Waals surface area contributed by atoms with E-state index in [9.17, 15) is 14.7 Å². The van der Waals surface area contributed by atoms with Gasteiger partial charge in [0.25, 0.3) is 0 Å². The van der Waals surface area contributed by atoms with Crippen molar-refractivity contribution in [3.05, 3.63) is 51.1 Å². The minimum Gasteiger partial charge on any atom is -0.507 e. The number of hydrogen-bond donors (Lipinski definition) is 2. The summed E-state index contributed by atoms with van der Waals surface area (Å²) in [6, 6.07) is 1.36. The molecule has 1 heterocycles. The molecule has 0 fully saturated rings. The quantitative estimate of drug-likeness (QED) is 0.153. The zero-order valence-electron chi connectivity index (χ0n) is 17.5. The Balaban J connectivity index is 2.96. The molecule has 0 aliphatic carbocycles. The summed E-state index contributed by atoms with van der Waals surface area (Å²) in [5.41, 5.74) is 0.423. The van der Waals surface area contributed by atoms with E-state index in [4.69, 9.17) is 9.83 Å². The van der Waals surface area contributed by atoms with Gasteiger partial charge in [-0.15, -0.1) is 0 Å². The number of allylic oxidation sites excluding steroid dienone is 4. The van der Waals surface area contributed by atoms with Crippen LogP contribution in [0.4, 0.5) is 0 Å². The largest absolute Gasteiger partial charge is 0.507 e. The second-order valence-electron chi connectivity index (χ2n) is 7.38. The highest BCUT2D eigenvalue weighted by molar-refractivity contribution is 6.09. The van der Waals surface area contributed by atoms with Crippen molar-refractivity contribution in [3.63, 3.8) is 0 Å². The Hall–Kier alpha value is -2.43. The highest BCUT2D eigenvalue weighted by Crippen LogP contribution is 2.26. The first-order chi connectivity index (χ1) is 13.3. The molecule has 1 unspecified atom stereocenters. The maximum Gasteiger partial charge on any atom is 0.351 e. The fraction of sp³-hybridized carbons (Fsp3) is 0.522. The van der Waals surface area contributed by atoms with Crippen LogP contribution in [0, 0.1) is 5.41 Å². The van der Waals surface area contributed by atoms with Crippen LogP contribution in [-0.2, 0) is 0 Å². The molecule has 0 spiro atoms. The van der Waals surface area contributed by atoms with Gasteiger partial charge >= 0.3 is 5.63 Å². The Morgan fingerprint density at radius 1 is 1.25 bits per heavy atom. The van der Waals surface area contributed by atoms with Crippen LogP contribution < -0.4 is 5.63 Å².